The molecule has 0 radical (unpaired) electrons. The molecule has 1 aliphatic heterocycles. The van der Waals surface area contributed by atoms with E-state index in [0.717, 1.165) is 62.3 Å². The molecule has 0 saturated carbocycles. The molecule has 1 saturated heterocycles. The molecule has 2 N–H and O–H groups in total. The van der Waals surface area contributed by atoms with Crippen LogP contribution in [0.3, 0.4) is 0 Å². The normalized spacial score (nSPS) is 16.4. The van der Waals surface area contributed by atoms with Crippen LogP contribution in [0.1, 0.15) is 30.0 Å². The number of benzene rings is 2. The van der Waals surface area contributed by atoms with Gasteiger partial charge < -0.3 is 10.4 Å². The number of alkyl halides is 3. The van der Waals surface area contributed by atoms with Crippen molar-refractivity contribution in [2.75, 3.05) is 32.8 Å². The number of rotatable bonds is 6. The Bertz CT molecular complexity index is 714. The number of aliphatic hydroxyl groups is 1. The third-order valence-electron chi connectivity index (χ3n) is 5.07. The van der Waals surface area contributed by atoms with E-state index in [1.807, 2.05) is 12.1 Å². The van der Waals surface area contributed by atoms with Gasteiger partial charge in [0.25, 0.3) is 0 Å². The van der Waals surface area contributed by atoms with Gasteiger partial charge in [-0.3, -0.25) is 4.90 Å². The number of nitrogens with one attached hydrogen (secondary N) is 1. The van der Waals surface area contributed by atoms with Gasteiger partial charge >= 0.3 is 6.18 Å². The molecule has 3 nitrogen and oxygen atoms in total. The second-order valence-corrected chi connectivity index (χ2v) is 6.86. The molecule has 0 aromatic heterocycles. The quantitative estimate of drug-likeness (QED) is 0.729. The van der Waals surface area contributed by atoms with Gasteiger partial charge in [0, 0.05) is 38.8 Å². The largest absolute Gasteiger partial charge is 0.416 e. The Morgan fingerprint density at radius 1 is 0.929 bits per heavy atom. The van der Waals surface area contributed by atoms with Crippen LogP contribution < -0.4 is 5.32 Å². The first-order chi connectivity index (χ1) is 13.0. The molecule has 3 rings (SSSR count). The number of halogens is 4. The topological polar surface area (TPSA) is 35.5 Å². The molecule has 1 heterocycles. The maximum atomic E-state index is 12.7. The third kappa shape index (κ3) is 5.70. The van der Waals surface area contributed by atoms with Gasteiger partial charge in [-0.2, -0.15) is 13.2 Å². The smallest absolute Gasteiger partial charge is 0.396 e. The van der Waals surface area contributed by atoms with E-state index in [-0.39, 0.29) is 25.1 Å². The lowest BCUT2D eigenvalue weighted by Crippen LogP contribution is -2.45. The van der Waals surface area contributed by atoms with Crippen LogP contribution >= 0.6 is 12.4 Å². The highest BCUT2D eigenvalue weighted by Crippen LogP contribution is 2.32. The third-order valence-corrected chi connectivity index (χ3v) is 5.07. The highest BCUT2D eigenvalue weighted by atomic mass is 35.5. The average Bonchev–Trinajstić information content (AvgIpc) is 2.69. The van der Waals surface area contributed by atoms with Crippen LogP contribution in [0.15, 0.2) is 48.5 Å². The Morgan fingerprint density at radius 3 is 1.96 bits per heavy atom. The highest BCUT2D eigenvalue weighted by molar-refractivity contribution is 5.85. The highest BCUT2D eigenvalue weighted by Gasteiger charge is 2.30. The summed E-state index contributed by atoms with van der Waals surface area (Å²) in [5.74, 6) is 0. The maximum absolute atomic E-state index is 12.7. The van der Waals surface area contributed by atoms with Gasteiger partial charge in [-0.05, 0) is 41.7 Å². The summed E-state index contributed by atoms with van der Waals surface area (Å²) in [5.41, 5.74) is 2.21. The minimum Gasteiger partial charge on any atom is -0.396 e. The van der Waals surface area contributed by atoms with Crippen molar-refractivity contribution in [3.8, 4) is 11.1 Å². The lowest BCUT2D eigenvalue weighted by molar-refractivity contribution is -0.137. The predicted octanol–water partition coefficient (Wildman–Crippen LogP) is 4.51. The molecule has 0 unspecified atom stereocenters. The van der Waals surface area contributed by atoms with Gasteiger partial charge in [-0.15, -0.1) is 12.4 Å². The van der Waals surface area contributed by atoms with E-state index < -0.39 is 11.7 Å². The monoisotopic (exact) mass is 414 g/mol. The van der Waals surface area contributed by atoms with Crippen LogP contribution in [0, 0.1) is 0 Å². The summed E-state index contributed by atoms with van der Waals surface area (Å²) in [6.07, 6.45) is -2.68. The fraction of sp³-hybridized carbons (Fsp3) is 0.429. The Kier molecular flexibility index (Phi) is 8.31. The van der Waals surface area contributed by atoms with Crippen LogP contribution in [0.4, 0.5) is 13.2 Å². The number of hydrogen-bond donors (Lipinski definition) is 2. The Morgan fingerprint density at radius 2 is 1.46 bits per heavy atom. The van der Waals surface area contributed by atoms with Gasteiger partial charge in [0.1, 0.15) is 0 Å². The average molecular weight is 415 g/mol. The minimum atomic E-state index is -4.31. The van der Waals surface area contributed by atoms with Crippen molar-refractivity contribution in [3.63, 3.8) is 0 Å². The molecular weight excluding hydrogens is 389 g/mol. The van der Waals surface area contributed by atoms with Crippen molar-refractivity contribution in [2.45, 2.75) is 25.1 Å². The zero-order valence-corrected chi connectivity index (χ0v) is 16.4. The van der Waals surface area contributed by atoms with Crippen LogP contribution in [0.2, 0.25) is 0 Å². The second-order valence-electron chi connectivity index (χ2n) is 6.86. The molecule has 1 aliphatic rings. The van der Waals surface area contributed by atoms with Crippen molar-refractivity contribution in [1.29, 1.82) is 0 Å². The van der Waals surface area contributed by atoms with Gasteiger partial charge in [-0.1, -0.05) is 36.4 Å². The summed E-state index contributed by atoms with van der Waals surface area (Å²) in [6, 6.07) is 13.5. The summed E-state index contributed by atoms with van der Waals surface area (Å²) in [7, 11) is 0. The molecule has 1 fully saturated rings. The first kappa shape index (κ1) is 22.7. The molecule has 2 aromatic carbocycles. The molecular formula is C21H26ClF3N2O. The number of aliphatic hydroxyl groups excluding tert-OH is 1. The Labute approximate surface area is 170 Å². The van der Waals surface area contributed by atoms with Crippen molar-refractivity contribution in [2.24, 2.45) is 0 Å². The van der Waals surface area contributed by atoms with Crippen LogP contribution in [-0.2, 0) is 6.18 Å². The van der Waals surface area contributed by atoms with Gasteiger partial charge in [-0.25, -0.2) is 0 Å². The molecule has 0 amide bonds. The van der Waals surface area contributed by atoms with Gasteiger partial charge in [0.15, 0.2) is 0 Å². The molecule has 0 bridgehead atoms. The Balaban J connectivity index is 0.00000280. The Hall–Kier alpha value is -1.60. The summed E-state index contributed by atoms with van der Waals surface area (Å²) in [4.78, 5) is 2.43. The summed E-state index contributed by atoms with van der Waals surface area (Å²) < 4.78 is 38.1. The van der Waals surface area contributed by atoms with Crippen molar-refractivity contribution in [1.82, 2.24) is 10.2 Å². The van der Waals surface area contributed by atoms with Crippen molar-refractivity contribution < 1.29 is 18.3 Å². The predicted molar refractivity (Wildman–Crippen MR) is 108 cm³/mol. The van der Waals surface area contributed by atoms with Crippen molar-refractivity contribution >= 4 is 12.4 Å². The zero-order valence-electron chi connectivity index (χ0n) is 15.6. The molecule has 1 atom stereocenters. The molecule has 2 aromatic rings. The summed E-state index contributed by atoms with van der Waals surface area (Å²) in [6.45, 7) is 4.03. The second kappa shape index (κ2) is 10.3. The first-order valence-electron chi connectivity index (χ1n) is 9.32. The van der Waals surface area contributed by atoms with E-state index in [9.17, 15) is 18.3 Å². The molecule has 0 spiro atoms. The number of hydrogen-bond acceptors (Lipinski definition) is 3. The lowest BCUT2D eigenvalue weighted by atomic mass is 9.96. The van der Waals surface area contributed by atoms with E-state index in [0.29, 0.717) is 0 Å². The molecule has 0 aliphatic carbocycles. The summed E-state index contributed by atoms with van der Waals surface area (Å²) >= 11 is 0. The van der Waals surface area contributed by atoms with E-state index in [4.69, 9.17) is 0 Å². The van der Waals surface area contributed by atoms with E-state index in [1.54, 1.807) is 0 Å². The first-order valence-corrected chi connectivity index (χ1v) is 9.32. The zero-order chi connectivity index (χ0) is 19.3. The maximum Gasteiger partial charge on any atom is 0.416 e. The number of nitrogens with zero attached hydrogens (tertiary/aromatic N) is 1. The van der Waals surface area contributed by atoms with E-state index in [1.165, 1.54) is 17.7 Å². The molecule has 28 heavy (non-hydrogen) atoms. The number of piperazine rings is 1. The standard InChI is InChI=1S/C21H25F3N2O.ClH/c22-21(23,24)19-9-7-17(8-10-19)16-3-5-18(6-4-16)20(2-1-15-27)26-13-11-25-12-14-26;/h3-10,20,25,27H,1-2,11-15H2;1H/t20-;/m0./s1. The minimum absolute atomic E-state index is 0. The van der Waals surface area contributed by atoms with Crippen LogP contribution in [-0.4, -0.2) is 42.8 Å². The molecule has 154 valence electrons. The summed E-state index contributed by atoms with van der Waals surface area (Å²) in [5, 5.41) is 12.6. The fourth-order valence-corrected chi connectivity index (χ4v) is 3.59. The molecule has 7 heteroatoms. The van der Waals surface area contributed by atoms with E-state index in [2.05, 4.69) is 22.3 Å². The van der Waals surface area contributed by atoms with E-state index >= 15 is 0 Å². The van der Waals surface area contributed by atoms with Gasteiger partial charge in [0.2, 0.25) is 0 Å². The van der Waals surface area contributed by atoms with Gasteiger partial charge in [0.05, 0.1) is 5.56 Å². The SMILES string of the molecule is Cl.OCCC[C@@H](c1ccc(-c2ccc(C(F)(F)F)cc2)cc1)N1CCNCC1. The lowest BCUT2D eigenvalue weighted by Gasteiger charge is -2.35. The fourth-order valence-electron chi connectivity index (χ4n) is 3.59. The van der Waals surface area contributed by atoms with Crippen LogP contribution in [0.25, 0.3) is 11.1 Å². The van der Waals surface area contributed by atoms with Crippen molar-refractivity contribution in [3.05, 3.63) is 59.7 Å². The van der Waals surface area contributed by atoms with Crippen LogP contribution in [0.5, 0.6) is 0 Å².